The van der Waals surface area contributed by atoms with Crippen molar-refractivity contribution in [3.8, 4) is 0 Å². The van der Waals surface area contributed by atoms with E-state index in [9.17, 15) is 9.59 Å². The van der Waals surface area contributed by atoms with Crippen molar-refractivity contribution in [2.24, 2.45) is 5.92 Å². The molecule has 19 heavy (non-hydrogen) atoms. The number of carbonyl (C=O) groups is 2. The number of hydrogen-bond donors (Lipinski definition) is 0. The van der Waals surface area contributed by atoms with Crippen molar-refractivity contribution >= 4 is 11.9 Å². The first-order chi connectivity index (χ1) is 9.11. The lowest BCUT2D eigenvalue weighted by molar-refractivity contribution is -0.142. The lowest BCUT2D eigenvalue weighted by atomic mass is 10.0. The molecule has 0 saturated heterocycles. The fraction of sp³-hybridized carbons (Fsp3) is 0.467. The van der Waals surface area contributed by atoms with E-state index in [-0.39, 0.29) is 24.2 Å². The molecule has 0 N–H and O–H groups in total. The summed E-state index contributed by atoms with van der Waals surface area (Å²) in [4.78, 5) is 25.0. The van der Waals surface area contributed by atoms with Gasteiger partial charge in [-0.1, -0.05) is 24.3 Å². The molecule has 0 saturated carbocycles. The summed E-state index contributed by atoms with van der Waals surface area (Å²) in [5, 5.41) is 0. The SMILES string of the molecule is COC(=O)CCN(C)C(=O)C1Cc2ccccc2C1. The Morgan fingerprint density at radius 2 is 1.84 bits per heavy atom. The summed E-state index contributed by atoms with van der Waals surface area (Å²) in [5.74, 6) is -0.158. The summed E-state index contributed by atoms with van der Waals surface area (Å²) in [5.41, 5.74) is 2.53. The smallest absolute Gasteiger partial charge is 0.307 e. The van der Waals surface area contributed by atoms with Gasteiger partial charge in [-0.25, -0.2) is 0 Å². The molecule has 0 radical (unpaired) electrons. The van der Waals surface area contributed by atoms with Crippen molar-refractivity contribution in [1.82, 2.24) is 4.90 Å². The van der Waals surface area contributed by atoms with E-state index in [1.165, 1.54) is 18.2 Å². The predicted molar refractivity (Wildman–Crippen MR) is 71.6 cm³/mol. The number of methoxy groups -OCH3 is 1. The van der Waals surface area contributed by atoms with Gasteiger partial charge in [0.2, 0.25) is 5.91 Å². The molecule has 0 fully saturated rings. The highest BCUT2D eigenvalue weighted by molar-refractivity contribution is 5.80. The number of rotatable bonds is 4. The zero-order valence-electron chi connectivity index (χ0n) is 11.4. The maximum atomic E-state index is 12.3. The van der Waals surface area contributed by atoms with E-state index in [1.807, 2.05) is 12.1 Å². The fourth-order valence-corrected chi connectivity index (χ4v) is 2.52. The molecular weight excluding hydrogens is 242 g/mol. The monoisotopic (exact) mass is 261 g/mol. The third-order valence-electron chi connectivity index (χ3n) is 3.66. The molecule has 1 aliphatic carbocycles. The molecule has 1 aromatic rings. The molecule has 0 aliphatic heterocycles. The molecule has 0 aromatic heterocycles. The Hall–Kier alpha value is -1.84. The van der Waals surface area contributed by atoms with Crippen LogP contribution in [-0.2, 0) is 27.2 Å². The lowest BCUT2D eigenvalue weighted by Gasteiger charge is -2.20. The van der Waals surface area contributed by atoms with Crippen LogP contribution in [0.1, 0.15) is 17.5 Å². The van der Waals surface area contributed by atoms with Crippen LogP contribution in [0.2, 0.25) is 0 Å². The highest BCUT2D eigenvalue weighted by Gasteiger charge is 2.29. The van der Waals surface area contributed by atoms with Crippen LogP contribution in [0.5, 0.6) is 0 Å². The largest absolute Gasteiger partial charge is 0.469 e. The number of hydrogen-bond acceptors (Lipinski definition) is 3. The lowest BCUT2D eigenvalue weighted by Crippen LogP contribution is -2.35. The van der Waals surface area contributed by atoms with Crippen molar-refractivity contribution in [3.05, 3.63) is 35.4 Å². The minimum Gasteiger partial charge on any atom is -0.469 e. The summed E-state index contributed by atoms with van der Waals surface area (Å²) in [6.07, 6.45) is 1.85. The van der Waals surface area contributed by atoms with E-state index in [0.29, 0.717) is 6.54 Å². The first-order valence-corrected chi connectivity index (χ1v) is 6.50. The van der Waals surface area contributed by atoms with Crippen LogP contribution in [0.4, 0.5) is 0 Å². The molecule has 2 rings (SSSR count). The first-order valence-electron chi connectivity index (χ1n) is 6.50. The van der Waals surface area contributed by atoms with Crippen molar-refractivity contribution in [2.75, 3.05) is 20.7 Å². The van der Waals surface area contributed by atoms with E-state index in [0.717, 1.165) is 12.8 Å². The quantitative estimate of drug-likeness (QED) is 0.770. The number of carbonyl (C=O) groups excluding carboxylic acids is 2. The third-order valence-corrected chi connectivity index (χ3v) is 3.66. The molecule has 1 aliphatic rings. The van der Waals surface area contributed by atoms with Crippen LogP contribution >= 0.6 is 0 Å². The molecule has 102 valence electrons. The second kappa shape index (κ2) is 5.87. The van der Waals surface area contributed by atoms with E-state index in [4.69, 9.17) is 0 Å². The standard InChI is InChI=1S/C15H19NO3/c1-16(8-7-14(17)19-2)15(18)13-9-11-5-3-4-6-12(11)10-13/h3-6,13H,7-10H2,1-2H3. The molecule has 1 amide bonds. The van der Waals surface area contributed by atoms with E-state index in [2.05, 4.69) is 16.9 Å². The first kappa shape index (κ1) is 13.6. The molecule has 4 nitrogen and oxygen atoms in total. The Bertz CT molecular complexity index is 459. The molecule has 0 bridgehead atoms. The van der Waals surface area contributed by atoms with Crippen molar-refractivity contribution in [1.29, 1.82) is 0 Å². The van der Waals surface area contributed by atoms with Crippen molar-refractivity contribution in [3.63, 3.8) is 0 Å². The van der Waals surface area contributed by atoms with Crippen molar-refractivity contribution in [2.45, 2.75) is 19.3 Å². The summed E-state index contributed by atoms with van der Waals surface area (Å²) in [7, 11) is 3.10. The number of nitrogens with zero attached hydrogens (tertiary/aromatic N) is 1. The Labute approximate surface area is 113 Å². The second-order valence-corrected chi connectivity index (χ2v) is 4.96. The van der Waals surface area contributed by atoms with E-state index < -0.39 is 0 Å². The second-order valence-electron chi connectivity index (χ2n) is 4.96. The summed E-state index contributed by atoms with van der Waals surface area (Å²) in [6.45, 7) is 0.415. The van der Waals surface area contributed by atoms with Crippen LogP contribution in [0.15, 0.2) is 24.3 Å². The molecular formula is C15H19NO3. The highest BCUT2D eigenvalue weighted by atomic mass is 16.5. The third kappa shape index (κ3) is 3.13. The van der Waals surface area contributed by atoms with Gasteiger partial charge in [0.1, 0.15) is 0 Å². The Kier molecular flexibility index (Phi) is 4.20. The normalized spacial score (nSPS) is 14.0. The summed E-state index contributed by atoms with van der Waals surface area (Å²) < 4.78 is 4.58. The van der Waals surface area contributed by atoms with Gasteiger partial charge in [-0.05, 0) is 24.0 Å². The summed E-state index contributed by atoms with van der Waals surface area (Å²) in [6, 6.07) is 8.17. The molecule has 4 heteroatoms. The number of ether oxygens (including phenoxy) is 1. The zero-order valence-corrected chi connectivity index (χ0v) is 11.4. The van der Waals surface area contributed by atoms with Crippen LogP contribution in [0.3, 0.4) is 0 Å². The fourth-order valence-electron chi connectivity index (χ4n) is 2.52. The van der Waals surface area contributed by atoms with Gasteiger partial charge >= 0.3 is 5.97 Å². The maximum Gasteiger partial charge on any atom is 0.307 e. The van der Waals surface area contributed by atoms with Gasteiger partial charge < -0.3 is 9.64 Å². The Morgan fingerprint density at radius 3 is 2.37 bits per heavy atom. The summed E-state index contributed by atoms with van der Waals surface area (Å²) >= 11 is 0. The van der Waals surface area contributed by atoms with Crippen LogP contribution in [0, 0.1) is 5.92 Å². The topological polar surface area (TPSA) is 46.6 Å². The van der Waals surface area contributed by atoms with Crippen LogP contribution < -0.4 is 0 Å². The van der Waals surface area contributed by atoms with Gasteiger partial charge in [-0.2, -0.15) is 0 Å². The number of benzene rings is 1. The van der Waals surface area contributed by atoms with E-state index >= 15 is 0 Å². The van der Waals surface area contributed by atoms with Gasteiger partial charge in [-0.3, -0.25) is 9.59 Å². The Morgan fingerprint density at radius 1 is 1.26 bits per heavy atom. The number of amides is 1. The van der Waals surface area contributed by atoms with Gasteiger partial charge in [0.15, 0.2) is 0 Å². The molecule has 1 aromatic carbocycles. The average molecular weight is 261 g/mol. The van der Waals surface area contributed by atoms with Gasteiger partial charge in [0, 0.05) is 19.5 Å². The number of fused-ring (bicyclic) bond motifs is 1. The van der Waals surface area contributed by atoms with Crippen LogP contribution in [-0.4, -0.2) is 37.5 Å². The molecule has 0 atom stereocenters. The van der Waals surface area contributed by atoms with E-state index in [1.54, 1.807) is 11.9 Å². The molecule has 0 unspecified atom stereocenters. The van der Waals surface area contributed by atoms with Gasteiger partial charge in [-0.15, -0.1) is 0 Å². The Balaban J connectivity index is 1.90. The molecule has 0 spiro atoms. The minimum atomic E-state index is -0.283. The predicted octanol–water partition coefficient (Wildman–Crippen LogP) is 1.42. The van der Waals surface area contributed by atoms with Gasteiger partial charge in [0.05, 0.1) is 13.5 Å². The van der Waals surface area contributed by atoms with Gasteiger partial charge in [0.25, 0.3) is 0 Å². The zero-order chi connectivity index (χ0) is 13.8. The number of esters is 1. The average Bonchev–Trinajstić information content (AvgIpc) is 2.87. The molecule has 0 heterocycles. The minimum absolute atomic E-state index is 0.0139. The van der Waals surface area contributed by atoms with Crippen LogP contribution in [0.25, 0.3) is 0 Å². The maximum absolute atomic E-state index is 12.3. The van der Waals surface area contributed by atoms with Crippen molar-refractivity contribution < 1.29 is 14.3 Å². The highest BCUT2D eigenvalue weighted by Crippen LogP contribution is 2.27.